The van der Waals surface area contributed by atoms with Crippen molar-refractivity contribution in [1.82, 2.24) is 25.1 Å². The van der Waals surface area contributed by atoms with Crippen molar-refractivity contribution >= 4 is 28.7 Å². The van der Waals surface area contributed by atoms with Gasteiger partial charge >= 0.3 is 0 Å². The van der Waals surface area contributed by atoms with Crippen LogP contribution in [-0.4, -0.2) is 37.5 Å². The molecule has 1 amide bonds. The molecule has 2 aromatic heterocycles. The monoisotopic (exact) mass is 395 g/mol. The lowest BCUT2D eigenvalue weighted by Gasteiger charge is -2.17. The van der Waals surface area contributed by atoms with E-state index in [-0.39, 0.29) is 17.2 Å². The Labute approximate surface area is 165 Å². The lowest BCUT2D eigenvalue weighted by Crippen LogP contribution is -2.39. The van der Waals surface area contributed by atoms with Crippen LogP contribution in [0, 0.1) is 11.8 Å². The van der Waals surface area contributed by atoms with E-state index in [0.717, 1.165) is 5.69 Å². The number of thioether (sulfide) groups is 1. The van der Waals surface area contributed by atoms with E-state index < -0.39 is 0 Å². The molecule has 144 valence electrons. The minimum Gasteiger partial charge on any atom is -0.352 e. The summed E-state index contributed by atoms with van der Waals surface area (Å²) in [5.41, 5.74) is 1.08. The van der Waals surface area contributed by atoms with E-state index in [9.17, 15) is 9.59 Å². The molecular formula is C20H21N5O2S. The predicted molar refractivity (Wildman–Crippen MR) is 108 cm³/mol. The van der Waals surface area contributed by atoms with Crippen molar-refractivity contribution in [3.05, 3.63) is 46.9 Å². The second kappa shape index (κ2) is 7.09. The minimum atomic E-state index is -0.246. The van der Waals surface area contributed by atoms with E-state index in [1.54, 1.807) is 4.68 Å². The van der Waals surface area contributed by atoms with Crippen LogP contribution in [0.25, 0.3) is 16.7 Å². The lowest BCUT2D eigenvalue weighted by molar-refractivity contribution is -0.119. The van der Waals surface area contributed by atoms with Crippen LogP contribution < -0.4 is 10.9 Å². The molecule has 0 spiro atoms. The van der Waals surface area contributed by atoms with Gasteiger partial charge in [0.25, 0.3) is 5.56 Å². The summed E-state index contributed by atoms with van der Waals surface area (Å²) in [6.45, 7) is 0. The van der Waals surface area contributed by atoms with Crippen LogP contribution in [-0.2, 0) is 4.79 Å². The highest BCUT2D eigenvalue weighted by Crippen LogP contribution is 2.44. The molecule has 0 radical (unpaired) electrons. The fourth-order valence-electron chi connectivity index (χ4n) is 3.62. The Hall–Kier alpha value is -2.61. The number of hydrogen-bond acceptors (Lipinski definition) is 5. The standard InChI is InChI=1S/C20H21N5O2S/c26-16(22-17(12-6-7-12)13-8-9-13)11-28-20-23-18-15(19(27)24-20)10-21-25(18)14-4-2-1-3-5-14/h1-5,10,12-13,17H,6-9,11H2,(H,22,26)(H,23,24,27). The maximum atomic E-state index is 12.4. The number of fused-ring (bicyclic) bond motifs is 1. The van der Waals surface area contributed by atoms with Crippen LogP contribution in [0.5, 0.6) is 0 Å². The normalized spacial score (nSPS) is 16.6. The Morgan fingerprint density at radius 2 is 1.93 bits per heavy atom. The summed E-state index contributed by atoms with van der Waals surface area (Å²) in [5, 5.41) is 8.36. The molecular weight excluding hydrogens is 374 g/mol. The maximum absolute atomic E-state index is 12.4. The highest BCUT2D eigenvalue weighted by Gasteiger charge is 2.42. The Morgan fingerprint density at radius 1 is 1.21 bits per heavy atom. The van der Waals surface area contributed by atoms with Crippen molar-refractivity contribution in [3.63, 3.8) is 0 Å². The van der Waals surface area contributed by atoms with Gasteiger partial charge in [-0.3, -0.25) is 9.59 Å². The van der Waals surface area contributed by atoms with Crippen LogP contribution in [0.15, 0.2) is 46.5 Å². The van der Waals surface area contributed by atoms with E-state index >= 15 is 0 Å². The van der Waals surface area contributed by atoms with Gasteiger partial charge in [-0.2, -0.15) is 5.10 Å². The zero-order valence-corrected chi connectivity index (χ0v) is 16.1. The van der Waals surface area contributed by atoms with E-state index in [4.69, 9.17) is 0 Å². The average molecular weight is 395 g/mol. The van der Waals surface area contributed by atoms with E-state index in [2.05, 4.69) is 20.4 Å². The number of para-hydroxylation sites is 1. The third-order valence-electron chi connectivity index (χ3n) is 5.34. The minimum absolute atomic E-state index is 0.00751. The second-order valence-electron chi connectivity index (χ2n) is 7.56. The number of carbonyl (C=O) groups excluding carboxylic acids is 1. The van der Waals surface area contributed by atoms with Crippen LogP contribution in [0.2, 0.25) is 0 Å². The fraction of sp³-hybridized carbons (Fsp3) is 0.400. The summed E-state index contributed by atoms with van der Waals surface area (Å²) < 4.78 is 1.64. The Morgan fingerprint density at radius 3 is 2.61 bits per heavy atom. The molecule has 0 bridgehead atoms. The molecule has 0 atom stereocenters. The van der Waals surface area contributed by atoms with Gasteiger partial charge in [-0.05, 0) is 49.7 Å². The van der Waals surface area contributed by atoms with Crippen molar-refractivity contribution in [3.8, 4) is 5.69 Å². The van der Waals surface area contributed by atoms with Gasteiger partial charge in [0.1, 0.15) is 5.39 Å². The molecule has 2 saturated carbocycles. The molecule has 5 rings (SSSR count). The van der Waals surface area contributed by atoms with Crippen LogP contribution >= 0.6 is 11.8 Å². The number of benzene rings is 1. The summed E-state index contributed by atoms with van der Waals surface area (Å²) in [6, 6.07) is 9.89. The number of amides is 1. The SMILES string of the molecule is O=C(CSc1nc2c(cnn2-c2ccccc2)c(=O)[nH]1)NC(C1CC1)C1CC1. The smallest absolute Gasteiger partial charge is 0.262 e. The highest BCUT2D eigenvalue weighted by atomic mass is 32.2. The first-order valence-electron chi connectivity index (χ1n) is 9.64. The third-order valence-corrected chi connectivity index (χ3v) is 6.22. The first kappa shape index (κ1) is 17.5. The van der Waals surface area contributed by atoms with E-state index in [1.165, 1.54) is 43.6 Å². The van der Waals surface area contributed by atoms with Gasteiger partial charge in [0.15, 0.2) is 10.8 Å². The first-order valence-corrected chi connectivity index (χ1v) is 10.6. The van der Waals surface area contributed by atoms with Gasteiger partial charge in [0, 0.05) is 6.04 Å². The Balaban J connectivity index is 1.33. The van der Waals surface area contributed by atoms with Gasteiger partial charge in [0.05, 0.1) is 17.6 Å². The maximum Gasteiger partial charge on any atom is 0.262 e. The molecule has 3 aromatic rings. The molecule has 2 aliphatic rings. The predicted octanol–water partition coefficient (Wildman–Crippen LogP) is 2.51. The number of hydrogen-bond donors (Lipinski definition) is 2. The van der Waals surface area contributed by atoms with Gasteiger partial charge < -0.3 is 10.3 Å². The van der Waals surface area contributed by atoms with Gasteiger partial charge in [0.2, 0.25) is 5.91 Å². The van der Waals surface area contributed by atoms with Crippen molar-refractivity contribution in [1.29, 1.82) is 0 Å². The first-order chi connectivity index (χ1) is 13.7. The summed E-state index contributed by atoms with van der Waals surface area (Å²) in [6.07, 6.45) is 6.42. The molecule has 2 N–H and O–H groups in total. The summed E-state index contributed by atoms with van der Waals surface area (Å²) >= 11 is 1.25. The zero-order valence-electron chi connectivity index (χ0n) is 15.3. The molecule has 0 saturated heterocycles. The number of carbonyl (C=O) groups is 1. The van der Waals surface area contributed by atoms with E-state index in [1.807, 2.05) is 30.3 Å². The van der Waals surface area contributed by atoms with Crippen molar-refractivity contribution < 1.29 is 4.79 Å². The molecule has 2 heterocycles. The van der Waals surface area contributed by atoms with Crippen LogP contribution in [0.1, 0.15) is 25.7 Å². The number of nitrogens with one attached hydrogen (secondary N) is 2. The molecule has 0 unspecified atom stereocenters. The molecule has 7 nitrogen and oxygen atoms in total. The molecule has 2 aliphatic carbocycles. The Kier molecular flexibility index (Phi) is 4.43. The topological polar surface area (TPSA) is 92.7 Å². The second-order valence-corrected chi connectivity index (χ2v) is 8.52. The van der Waals surface area contributed by atoms with Gasteiger partial charge in [-0.25, -0.2) is 9.67 Å². The molecule has 8 heteroatoms. The number of H-pyrrole nitrogens is 1. The number of aromatic amines is 1. The summed E-state index contributed by atoms with van der Waals surface area (Å²) in [5.74, 6) is 1.57. The van der Waals surface area contributed by atoms with E-state index in [0.29, 0.717) is 34.1 Å². The summed E-state index contributed by atoms with van der Waals surface area (Å²) in [4.78, 5) is 32.1. The number of nitrogens with zero attached hydrogens (tertiary/aromatic N) is 3. The average Bonchev–Trinajstić information content (AvgIpc) is 3.63. The fourth-order valence-corrected chi connectivity index (χ4v) is 4.28. The Bertz CT molecular complexity index is 1060. The lowest BCUT2D eigenvalue weighted by atomic mass is 10.1. The molecule has 28 heavy (non-hydrogen) atoms. The molecule has 1 aromatic carbocycles. The summed E-state index contributed by atoms with van der Waals surface area (Å²) in [7, 11) is 0. The third kappa shape index (κ3) is 3.56. The van der Waals surface area contributed by atoms with Crippen LogP contribution in [0.4, 0.5) is 0 Å². The van der Waals surface area contributed by atoms with Crippen molar-refractivity contribution in [2.75, 3.05) is 5.75 Å². The highest BCUT2D eigenvalue weighted by molar-refractivity contribution is 7.99. The van der Waals surface area contributed by atoms with Gasteiger partial charge in [-0.15, -0.1) is 0 Å². The number of rotatable bonds is 7. The molecule has 0 aliphatic heterocycles. The van der Waals surface area contributed by atoms with Crippen LogP contribution in [0.3, 0.4) is 0 Å². The number of aromatic nitrogens is 4. The largest absolute Gasteiger partial charge is 0.352 e. The molecule has 2 fully saturated rings. The van der Waals surface area contributed by atoms with Crippen molar-refractivity contribution in [2.45, 2.75) is 36.9 Å². The zero-order chi connectivity index (χ0) is 19.1. The quantitative estimate of drug-likeness (QED) is 0.474. The van der Waals surface area contributed by atoms with Crippen molar-refractivity contribution in [2.24, 2.45) is 11.8 Å². The van der Waals surface area contributed by atoms with Gasteiger partial charge in [-0.1, -0.05) is 30.0 Å².